The number of nitrogens with one attached hydrogen (secondary N) is 1. The number of benzene rings is 1. The van der Waals surface area contributed by atoms with Crippen LogP contribution >= 0.6 is 0 Å². The predicted octanol–water partition coefficient (Wildman–Crippen LogP) is 0.188. The summed E-state index contributed by atoms with van der Waals surface area (Å²) in [7, 11) is 5.27. The van der Waals surface area contributed by atoms with E-state index >= 15 is 0 Å². The molecule has 0 bridgehead atoms. The third-order valence-corrected chi connectivity index (χ3v) is 1.21. The molecule has 0 unspecified atom stereocenters. The van der Waals surface area contributed by atoms with Crippen LogP contribution in [0.2, 0.25) is 0 Å². The summed E-state index contributed by atoms with van der Waals surface area (Å²) in [6.07, 6.45) is 0.411. The van der Waals surface area contributed by atoms with Gasteiger partial charge in [-0.2, -0.15) is 0 Å². The number of rotatable bonds is 2. The van der Waals surface area contributed by atoms with Gasteiger partial charge in [0.1, 0.15) is 13.7 Å². The molecule has 4 heteroatoms. The maximum atomic E-state index is 12.7. The highest BCUT2D eigenvalue weighted by Crippen LogP contribution is 2.09. The minimum atomic E-state index is -0.530. The van der Waals surface area contributed by atoms with Crippen molar-refractivity contribution in [1.29, 1.82) is 0 Å². The number of amides is 1. The Hall–Kier alpha value is -1.32. The summed E-state index contributed by atoms with van der Waals surface area (Å²) in [6.45, 7) is 0. The monoisotopic (exact) mass is 149 g/mol. The molecule has 1 rings (SSSR count). The van der Waals surface area contributed by atoms with Gasteiger partial charge < -0.3 is 5.32 Å². The van der Waals surface area contributed by atoms with E-state index in [0.29, 0.717) is 11.9 Å². The molecule has 0 atom stereocenters. The summed E-state index contributed by atoms with van der Waals surface area (Å²) in [4.78, 5) is 9.90. The largest absolute Gasteiger partial charge is 0.326 e. The number of halogens is 1. The molecule has 1 amide bonds. The molecule has 0 fully saturated rings. The van der Waals surface area contributed by atoms with Gasteiger partial charge in [-0.25, -0.2) is 4.39 Å². The fourth-order valence-electron chi connectivity index (χ4n) is 0.712. The van der Waals surface area contributed by atoms with Crippen molar-refractivity contribution in [2.24, 2.45) is 0 Å². The molecule has 2 nitrogen and oxygen atoms in total. The van der Waals surface area contributed by atoms with Gasteiger partial charge in [0.2, 0.25) is 6.41 Å². The third-order valence-electron chi connectivity index (χ3n) is 1.21. The van der Waals surface area contributed by atoms with Gasteiger partial charge in [-0.15, -0.1) is 0 Å². The average Bonchev–Trinajstić information content (AvgIpc) is 1.95. The fourth-order valence-corrected chi connectivity index (χ4v) is 0.712. The summed E-state index contributed by atoms with van der Waals surface area (Å²) < 4.78 is 12.7. The van der Waals surface area contributed by atoms with E-state index in [4.69, 9.17) is 7.85 Å². The van der Waals surface area contributed by atoms with E-state index in [1.165, 1.54) is 12.1 Å². The van der Waals surface area contributed by atoms with Gasteiger partial charge in [-0.05, 0) is 12.1 Å². The quantitative estimate of drug-likeness (QED) is 0.471. The molecule has 0 saturated heterocycles. The molecule has 0 aliphatic heterocycles. The van der Waals surface area contributed by atoms with Gasteiger partial charge in [0.25, 0.3) is 0 Å². The zero-order chi connectivity index (χ0) is 8.27. The van der Waals surface area contributed by atoms with Crippen molar-refractivity contribution in [3.63, 3.8) is 0 Å². The maximum Gasteiger partial charge on any atom is 0.211 e. The zero-order valence-electron chi connectivity index (χ0n) is 5.67. The Balaban J connectivity index is 2.98. The second kappa shape index (κ2) is 3.19. The summed E-state index contributed by atoms with van der Waals surface area (Å²) in [6, 6.07) is 4.06. The van der Waals surface area contributed by atoms with Crippen molar-refractivity contribution in [3.05, 3.63) is 24.0 Å². The van der Waals surface area contributed by atoms with Crippen LogP contribution in [0.3, 0.4) is 0 Å². The van der Waals surface area contributed by atoms with Crippen LogP contribution < -0.4 is 10.8 Å². The van der Waals surface area contributed by atoms with Crippen LogP contribution in [0.4, 0.5) is 10.1 Å². The normalized spacial score (nSPS) is 9.18. The minimum Gasteiger partial charge on any atom is -0.326 e. The molecule has 0 aliphatic rings. The highest BCUT2D eigenvalue weighted by molar-refractivity contribution is 6.32. The van der Waals surface area contributed by atoms with Crippen molar-refractivity contribution in [2.75, 3.05) is 5.32 Å². The highest BCUT2D eigenvalue weighted by atomic mass is 19.1. The predicted molar refractivity (Wildman–Crippen MR) is 41.5 cm³/mol. The first-order valence-electron chi connectivity index (χ1n) is 2.99. The van der Waals surface area contributed by atoms with Crippen molar-refractivity contribution in [1.82, 2.24) is 0 Å². The number of hydrogen-bond acceptors (Lipinski definition) is 1. The lowest BCUT2D eigenvalue weighted by atomic mass is 9.96. The average molecular weight is 149 g/mol. The lowest BCUT2D eigenvalue weighted by Crippen LogP contribution is -2.05. The number of carbonyl (C=O) groups is 1. The molecule has 11 heavy (non-hydrogen) atoms. The molecule has 0 spiro atoms. The highest BCUT2D eigenvalue weighted by Gasteiger charge is 1.98. The lowest BCUT2D eigenvalue weighted by Gasteiger charge is -2.00. The maximum absolute atomic E-state index is 12.7. The van der Waals surface area contributed by atoms with E-state index in [1.54, 1.807) is 0 Å². The third kappa shape index (κ3) is 1.80. The lowest BCUT2D eigenvalue weighted by molar-refractivity contribution is -0.105. The number of anilines is 1. The summed E-state index contributed by atoms with van der Waals surface area (Å²) in [5, 5.41) is 2.19. The molecular weight excluding hydrogens is 144 g/mol. The smallest absolute Gasteiger partial charge is 0.211 e. The molecule has 1 N–H and O–H groups in total. The number of hydrogen-bond donors (Lipinski definition) is 1. The van der Waals surface area contributed by atoms with Crippen molar-refractivity contribution < 1.29 is 9.18 Å². The van der Waals surface area contributed by atoms with E-state index in [0.717, 1.165) is 6.07 Å². The van der Waals surface area contributed by atoms with Gasteiger partial charge in [-0.3, -0.25) is 4.79 Å². The Morgan fingerprint density at radius 3 is 2.82 bits per heavy atom. The van der Waals surface area contributed by atoms with E-state index in [9.17, 15) is 9.18 Å². The number of carbonyl (C=O) groups excluding carboxylic acids is 1. The Labute approximate surface area is 64.8 Å². The molecule has 1 aromatic carbocycles. The van der Waals surface area contributed by atoms with Crippen LogP contribution in [0.25, 0.3) is 0 Å². The van der Waals surface area contributed by atoms with Gasteiger partial charge in [0.05, 0.1) is 5.69 Å². The van der Waals surface area contributed by atoms with Crippen molar-refractivity contribution >= 4 is 25.4 Å². The molecule has 0 aromatic heterocycles. The Kier molecular flexibility index (Phi) is 2.26. The second-order valence-electron chi connectivity index (χ2n) is 2.00. The molecule has 54 valence electrons. The SMILES string of the molecule is [B]c1ccc(NC=O)c(F)c1. The summed E-state index contributed by atoms with van der Waals surface area (Å²) in [5.41, 5.74) is 0.466. The van der Waals surface area contributed by atoms with Crippen LogP contribution in [-0.2, 0) is 4.79 Å². The molecule has 0 aliphatic carbocycles. The summed E-state index contributed by atoms with van der Waals surface area (Å²) in [5.74, 6) is -0.530. The van der Waals surface area contributed by atoms with Gasteiger partial charge in [0, 0.05) is 0 Å². The second-order valence-corrected chi connectivity index (χ2v) is 2.00. The van der Waals surface area contributed by atoms with Gasteiger partial charge in [-0.1, -0.05) is 11.5 Å². The fraction of sp³-hybridized carbons (Fsp3) is 0. The van der Waals surface area contributed by atoms with Crippen LogP contribution in [0.1, 0.15) is 0 Å². The molecule has 0 saturated carbocycles. The molecule has 2 radical (unpaired) electrons. The standard InChI is InChI=1S/C7H5BFNO/c8-5-1-2-7(10-4-11)6(9)3-5/h1-4H,(H,10,11). The van der Waals surface area contributed by atoms with Gasteiger partial charge in [0.15, 0.2) is 0 Å². The Morgan fingerprint density at radius 2 is 2.27 bits per heavy atom. The van der Waals surface area contributed by atoms with Crippen molar-refractivity contribution in [2.45, 2.75) is 0 Å². The summed E-state index contributed by atoms with van der Waals surface area (Å²) >= 11 is 0. The zero-order valence-corrected chi connectivity index (χ0v) is 5.67. The Morgan fingerprint density at radius 1 is 1.55 bits per heavy atom. The van der Waals surface area contributed by atoms with E-state index in [-0.39, 0.29) is 5.69 Å². The Bertz CT molecular complexity index is 277. The van der Waals surface area contributed by atoms with Crippen LogP contribution in [-0.4, -0.2) is 14.3 Å². The van der Waals surface area contributed by atoms with Crippen LogP contribution in [0, 0.1) is 5.82 Å². The molecule has 0 heterocycles. The topological polar surface area (TPSA) is 29.1 Å². The first kappa shape index (κ1) is 7.79. The van der Waals surface area contributed by atoms with Crippen LogP contribution in [0.15, 0.2) is 18.2 Å². The van der Waals surface area contributed by atoms with E-state index < -0.39 is 5.82 Å². The van der Waals surface area contributed by atoms with Crippen LogP contribution in [0.5, 0.6) is 0 Å². The van der Waals surface area contributed by atoms with Crippen molar-refractivity contribution in [3.8, 4) is 0 Å². The first-order valence-corrected chi connectivity index (χ1v) is 2.99. The van der Waals surface area contributed by atoms with E-state index in [2.05, 4.69) is 5.32 Å². The van der Waals surface area contributed by atoms with E-state index in [1.807, 2.05) is 0 Å². The first-order chi connectivity index (χ1) is 5.24. The molecule has 1 aromatic rings. The minimum absolute atomic E-state index is 0.134. The van der Waals surface area contributed by atoms with Gasteiger partial charge >= 0.3 is 0 Å². The molecular formula is C7H5BFNO.